The van der Waals surface area contributed by atoms with Crippen LogP contribution in [-0.4, -0.2) is 27.2 Å². The van der Waals surface area contributed by atoms with Crippen molar-refractivity contribution < 1.29 is 4.74 Å². The SMILES string of the molecule is O=c1c2ccccc2nc(SCc2nc3ccccc3s2)n1C[C@@H]1CCCO1. The van der Waals surface area contributed by atoms with Crippen LogP contribution in [0.4, 0.5) is 0 Å². The van der Waals surface area contributed by atoms with E-state index in [0.29, 0.717) is 17.7 Å². The molecule has 3 heterocycles. The molecule has 28 heavy (non-hydrogen) atoms. The molecule has 4 aromatic rings. The zero-order chi connectivity index (χ0) is 18.9. The smallest absolute Gasteiger partial charge is 0.262 e. The first kappa shape index (κ1) is 17.8. The first-order valence-electron chi connectivity index (χ1n) is 9.36. The highest BCUT2D eigenvalue weighted by Gasteiger charge is 2.20. The van der Waals surface area contributed by atoms with Gasteiger partial charge >= 0.3 is 0 Å². The van der Waals surface area contributed by atoms with Crippen LogP contribution in [0.3, 0.4) is 0 Å². The Bertz CT molecular complexity index is 1160. The molecule has 0 saturated carbocycles. The van der Waals surface area contributed by atoms with Crippen LogP contribution < -0.4 is 5.56 Å². The fourth-order valence-electron chi connectivity index (χ4n) is 3.52. The summed E-state index contributed by atoms with van der Waals surface area (Å²) in [6.07, 6.45) is 2.12. The minimum absolute atomic E-state index is 0.00731. The fourth-order valence-corrected chi connectivity index (χ4v) is 5.49. The lowest BCUT2D eigenvalue weighted by Gasteiger charge is -2.16. The molecule has 1 aliphatic heterocycles. The number of ether oxygens (including phenoxy) is 1. The molecular weight excluding hydrogens is 390 g/mol. The molecule has 0 radical (unpaired) electrons. The third kappa shape index (κ3) is 3.45. The van der Waals surface area contributed by atoms with Crippen molar-refractivity contribution in [2.24, 2.45) is 0 Å². The van der Waals surface area contributed by atoms with Gasteiger partial charge in [-0.1, -0.05) is 36.0 Å². The number of para-hydroxylation sites is 2. The lowest BCUT2D eigenvalue weighted by molar-refractivity contribution is 0.0937. The molecule has 1 aliphatic rings. The van der Waals surface area contributed by atoms with Gasteiger partial charge < -0.3 is 4.74 Å². The van der Waals surface area contributed by atoms with Gasteiger partial charge in [0.25, 0.3) is 5.56 Å². The van der Waals surface area contributed by atoms with Gasteiger partial charge in [-0.05, 0) is 37.1 Å². The molecule has 1 atom stereocenters. The number of thioether (sulfide) groups is 1. The van der Waals surface area contributed by atoms with E-state index in [2.05, 4.69) is 6.07 Å². The topological polar surface area (TPSA) is 57.0 Å². The summed E-state index contributed by atoms with van der Waals surface area (Å²) < 4.78 is 8.74. The number of hydrogen-bond donors (Lipinski definition) is 0. The van der Waals surface area contributed by atoms with Crippen molar-refractivity contribution in [1.29, 1.82) is 0 Å². The molecule has 0 spiro atoms. The molecule has 0 unspecified atom stereocenters. The summed E-state index contributed by atoms with van der Waals surface area (Å²) in [6.45, 7) is 1.33. The first-order valence-corrected chi connectivity index (χ1v) is 11.2. The third-order valence-corrected chi connectivity index (χ3v) is 7.11. The number of nitrogens with zero attached hydrogens (tertiary/aromatic N) is 3. The van der Waals surface area contributed by atoms with E-state index in [9.17, 15) is 4.79 Å². The van der Waals surface area contributed by atoms with Gasteiger partial charge in [-0.15, -0.1) is 11.3 Å². The Labute approximate surface area is 170 Å². The van der Waals surface area contributed by atoms with Crippen LogP contribution >= 0.6 is 23.1 Å². The molecular formula is C21H19N3O2S2. The van der Waals surface area contributed by atoms with E-state index < -0.39 is 0 Å². The standard InChI is InChI=1S/C21H19N3O2S2/c25-20-15-7-1-2-8-16(15)23-21(24(20)12-14-6-5-11-26-14)27-13-19-22-17-9-3-4-10-18(17)28-19/h1-4,7-10,14H,5-6,11-13H2/t14-/m0/s1. The second-order valence-electron chi connectivity index (χ2n) is 6.83. The third-order valence-electron chi connectivity index (χ3n) is 4.90. The Hall–Kier alpha value is -2.22. The van der Waals surface area contributed by atoms with Gasteiger partial charge in [-0.3, -0.25) is 9.36 Å². The van der Waals surface area contributed by atoms with Crippen molar-refractivity contribution in [3.05, 3.63) is 63.9 Å². The largest absolute Gasteiger partial charge is 0.376 e. The Balaban J connectivity index is 1.49. The van der Waals surface area contributed by atoms with Gasteiger partial charge in [-0.2, -0.15) is 0 Å². The van der Waals surface area contributed by atoms with E-state index in [1.807, 2.05) is 42.5 Å². The summed E-state index contributed by atoms with van der Waals surface area (Å²) in [4.78, 5) is 22.6. The van der Waals surface area contributed by atoms with Crippen LogP contribution in [-0.2, 0) is 17.0 Å². The summed E-state index contributed by atoms with van der Waals surface area (Å²) in [6, 6.07) is 15.7. The Morgan fingerprint density at radius 2 is 1.93 bits per heavy atom. The molecule has 5 rings (SSSR count). The Kier molecular flexibility index (Phi) is 4.88. The Morgan fingerprint density at radius 1 is 1.11 bits per heavy atom. The van der Waals surface area contributed by atoms with E-state index in [1.54, 1.807) is 27.7 Å². The van der Waals surface area contributed by atoms with Crippen LogP contribution in [0.25, 0.3) is 21.1 Å². The molecule has 0 aliphatic carbocycles. The van der Waals surface area contributed by atoms with E-state index in [-0.39, 0.29) is 11.7 Å². The Morgan fingerprint density at radius 3 is 2.75 bits per heavy atom. The van der Waals surface area contributed by atoms with E-state index >= 15 is 0 Å². The van der Waals surface area contributed by atoms with Gasteiger partial charge in [0.2, 0.25) is 0 Å². The number of fused-ring (bicyclic) bond motifs is 2. The molecule has 2 aromatic heterocycles. The second-order valence-corrected chi connectivity index (χ2v) is 8.88. The molecule has 0 amide bonds. The maximum Gasteiger partial charge on any atom is 0.262 e. The lowest BCUT2D eigenvalue weighted by atomic mass is 10.2. The van der Waals surface area contributed by atoms with E-state index in [0.717, 1.165) is 40.6 Å². The molecule has 5 nitrogen and oxygen atoms in total. The minimum atomic E-state index is 0.00731. The molecule has 142 valence electrons. The maximum absolute atomic E-state index is 13.1. The number of hydrogen-bond acceptors (Lipinski definition) is 6. The minimum Gasteiger partial charge on any atom is -0.376 e. The number of thiazole rings is 1. The number of benzene rings is 2. The second kappa shape index (κ2) is 7.66. The van der Waals surface area contributed by atoms with Crippen molar-refractivity contribution in [3.63, 3.8) is 0 Å². The normalized spacial score (nSPS) is 16.9. The maximum atomic E-state index is 13.1. The fraction of sp³-hybridized carbons (Fsp3) is 0.286. The lowest BCUT2D eigenvalue weighted by Crippen LogP contribution is -2.28. The van der Waals surface area contributed by atoms with Crippen LogP contribution in [0.1, 0.15) is 17.8 Å². The molecule has 1 saturated heterocycles. The quantitative estimate of drug-likeness (QED) is 0.359. The van der Waals surface area contributed by atoms with E-state index in [1.165, 1.54) is 4.70 Å². The summed E-state index contributed by atoms with van der Waals surface area (Å²) in [5.74, 6) is 0.690. The first-order chi connectivity index (χ1) is 13.8. The average Bonchev–Trinajstić information content (AvgIpc) is 3.38. The number of rotatable bonds is 5. The van der Waals surface area contributed by atoms with Gasteiger partial charge in [-0.25, -0.2) is 9.97 Å². The molecule has 1 fully saturated rings. The monoisotopic (exact) mass is 409 g/mol. The zero-order valence-electron chi connectivity index (χ0n) is 15.2. The summed E-state index contributed by atoms with van der Waals surface area (Å²) in [5.41, 5.74) is 1.77. The van der Waals surface area contributed by atoms with Gasteiger partial charge in [0.15, 0.2) is 5.16 Å². The van der Waals surface area contributed by atoms with E-state index in [4.69, 9.17) is 14.7 Å². The van der Waals surface area contributed by atoms with Crippen molar-refractivity contribution in [2.45, 2.75) is 36.4 Å². The molecule has 0 bridgehead atoms. The summed E-state index contributed by atoms with van der Waals surface area (Å²) in [7, 11) is 0. The molecule has 7 heteroatoms. The van der Waals surface area contributed by atoms with Crippen molar-refractivity contribution in [3.8, 4) is 0 Å². The van der Waals surface area contributed by atoms with Crippen molar-refractivity contribution in [1.82, 2.24) is 14.5 Å². The predicted octanol–water partition coefficient (Wildman–Crippen LogP) is 4.48. The van der Waals surface area contributed by atoms with Crippen LogP contribution in [0, 0.1) is 0 Å². The van der Waals surface area contributed by atoms with Crippen molar-refractivity contribution >= 4 is 44.2 Å². The predicted molar refractivity (Wildman–Crippen MR) is 114 cm³/mol. The van der Waals surface area contributed by atoms with Gasteiger partial charge in [0.05, 0.1) is 39.5 Å². The highest BCUT2D eigenvalue weighted by molar-refractivity contribution is 7.98. The average molecular weight is 410 g/mol. The van der Waals surface area contributed by atoms with Crippen LogP contribution in [0.15, 0.2) is 58.5 Å². The zero-order valence-corrected chi connectivity index (χ0v) is 16.8. The highest BCUT2D eigenvalue weighted by Crippen LogP contribution is 2.28. The van der Waals surface area contributed by atoms with Crippen LogP contribution in [0.5, 0.6) is 0 Å². The molecule has 0 N–H and O–H groups in total. The summed E-state index contributed by atoms with van der Waals surface area (Å²) in [5, 5.41) is 2.43. The van der Waals surface area contributed by atoms with Crippen molar-refractivity contribution in [2.75, 3.05) is 6.61 Å². The van der Waals surface area contributed by atoms with Gasteiger partial charge in [0.1, 0.15) is 5.01 Å². The number of aromatic nitrogens is 3. The van der Waals surface area contributed by atoms with Crippen LogP contribution in [0.2, 0.25) is 0 Å². The summed E-state index contributed by atoms with van der Waals surface area (Å²) >= 11 is 3.26. The molecule has 2 aromatic carbocycles. The van der Waals surface area contributed by atoms with Gasteiger partial charge in [0, 0.05) is 6.61 Å². The highest BCUT2D eigenvalue weighted by atomic mass is 32.2.